The first-order valence-corrected chi connectivity index (χ1v) is 7.34. The summed E-state index contributed by atoms with van der Waals surface area (Å²) in [6, 6.07) is 4.05. The van der Waals surface area contributed by atoms with Crippen LogP contribution in [0.15, 0.2) is 12.1 Å². The van der Waals surface area contributed by atoms with Crippen molar-refractivity contribution < 1.29 is 5.11 Å². The van der Waals surface area contributed by atoms with E-state index in [0.29, 0.717) is 0 Å². The second-order valence-corrected chi connectivity index (χ2v) is 5.15. The molecule has 106 valence electrons. The fourth-order valence-corrected chi connectivity index (χ4v) is 2.56. The highest BCUT2D eigenvalue weighted by Crippen LogP contribution is 2.18. The molecule has 1 aliphatic rings. The van der Waals surface area contributed by atoms with Gasteiger partial charge in [0.1, 0.15) is 5.82 Å². The van der Waals surface area contributed by atoms with Gasteiger partial charge in [-0.2, -0.15) is 0 Å². The zero-order valence-electron chi connectivity index (χ0n) is 12.1. The van der Waals surface area contributed by atoms with Crippen LogP contribution in [0.4, 0.5) is 5.82 Å². The molecule has 0 bridgehead atoms. The van der Waals surface area contributed by atoms with Gasteiger partial charge in [0.05, 0.1) is 6.61 Å². The van der Waals surface area contributed by atoms with E-state index >= 15 is 0 Å². The number of aliphatic hydroxyl groups is 1. The lowest BCUT2D eigenvalue weighted by atomic mass is 10.1. The maximum absolute atomic E-state index is 9.38. The quantitative estimate of drug-likeness (QED) is 0.877. The van der Waals surface area contributed by atoms with Crippen molar-refractivity contribution in [3.8, 4) is 0 Å². The molecule has 0 aromatic carbocycles. The molecule has 1 aromatic heterocycles. The molecule has 0 saturated carbocycles. The van der Waals surface area contributed by atoms with Gasteiger partial charge in [-0.3, -0.25) is 0 Å². The summed E-state index contributed by atoms with van der Waals surface area (Å²) in [5.41, 5.74) is 2.08. The second-order valence-electron chi connectivity index (χ2n) is 5.15. The minimum Gasteiger partial charge on any atom is -0.392 e. The van der Waals surface area contributed by atoms with Crippen molar-refractivity contribution in [2.45, 2.75) is 33.3 Å². The number of aryl methyl sites for hydroxylation is 1. The van der Waals surface area contributed by atoms with Crippen LogP contribution >= 0.6 is 0 Å². The Morgan fingerprint density at radius 3 is 2.47 bits per heavy atom. The van der Waals surface area contributed by atoms with Gasteiger partial charge in [0.15, 0.2) is 0 Å². The van der Waals surface area contributed by atoms with Gasteiger partial charge in [-0.05, 0) is 30.7 Å². The molecule has 1 saturated heterocycles. The van der Waals surface area contributed by atoms with Crippen molar-refractivity contribution in [3.05, 3.63) is 23.4 Å². The lowest BCUT2D eigenvalue weighted by Gasteiger charge is -2.35. The van der Waals surface area contributed by atoms with Crippen LogP contribution in [0.5, 0.6) is 0 Å². The summed E-state index contributed by atoms with van der Waals surface area (Å²) in [6.07, 6.45) is 2.07. The molecule has 0 amide bonds. The van der Waals surface area contributed by atoms with Crippen LogP contribution in [0, 0.1) is 0 Å². The fraction of sp³-hybridized carbons (Fsp3) is 0.667. The number of anilines is 1. The van der Waals surface area contributed by atoms with Crippen LogP contribution in [0.1, 0.15) is 31.5 Å². The Morgan fingerprint density at radius 1 is 1.16 bits per heavy atom. The molecular formula is C15H25N3O. The first-order chi connectivity index (χ1) is 9.26. The molecule has 4 nitrogen and oxygen atoms in total. The van der Waals surface area contributed by atoms with Gasteiger partial charge in [0.2, 0.25) is 0 Å². The summed E-state index contributed by atoms with van der Waals surface area (Å²) in [7, 11) is 0. The summed E-state index contributed by atoms with van der Waals surface area (Å²) < 4.78 is 0. The molecule has 2 heterocycles. The normalized spacial score (nSPS) is 16.9. The van der Waals surface area contributed by atoms with Crippen LogP contribution in [0.3, 0.4) is 0 Å². The van der Waals surface area contributed by atoms with E-state index < -0.39 is 0 Å². The van der Waals surface area contributed by atoms with Crippen molar-refractivity contribution in [3.63, 3.8) is 0 Å². The molecule has 0 atom stereocenters. The van der Waals surface area contributed by atoms with Crippen molar-refractivity contribution in [1.82, 2.24) is 9.88 Å². The number of nitrogens with zero attached hydrogens (tertiary/aromatic N) is 3. The largest absolute Gasteiger partial charge is 0.392 e. The van der Waals surface area contributed by atoms with Gasteiger partial charge in [-0.1, -0.05) is 20.3 Å². The summed E-state index contributed by atoms with van der Waals surface area (Å²) in [5.74, 6) is 1.03. The maximum atomic E-state index is 9.38. The van der Waals surface area contributed by atoms with Crippen LogP contribution in [-0.2, 0) is 13.0 Å². The molecule has 0 radical (unpaired) electrons. The van der Waals surface area contributed by atoms with Gasteiger partial charge >= 0.3 is 0 Å². The fourth-order valence-electron chi connectivity index (χ4n) is 2.56. The van der Waals surface area contributed by atoms with Crippen molar-refractivity contribution in [2.24, 2.45) is 0 Å². The summed E-state index contributed by atoms with van der Waals surface area (Å²) in [5, 5.41) is 9.38. The van der Waals surface area contributed by atoms with Gasteiger partial charge in [0.25, 0.3) is 0 Å². The van der Waals surface area contributed by atoms with Crippen LogP contribution < -0.4 is 4.90 Å². The predicted octanol–water partition coefficient (Wildman–Crippen LogP) is 1.67. The van der Waals surface area contributed by atoms with E-state index in [-0.39, 0.29) is 6.61 Å². The van der Waals surface area contributed by atoms with Gasteiger partial charge in [0, 0.05) is 31.9 Å². The van der Waals surface area contributed by atoms with Gasteiger partial charge < -0.3 is 14.9 Å². The van der Waals surface area contributed by atoms with Crippen molar-refractivity contribution >= 4 is 5.82 Å². The lowest BCUT2D eigenvalue weighted by molar-refractivity contribution is 0.270. The van der Waals surface area contributed by atoms with E-state index in [9.17, 15) is 5.11 Å². The zero-order chi connectivity index (χ0) is 13.7. The third kappa shape index (κ3) is 3.67. The number of piperazine rings is 1. The van der Waals surface area contributed by atoms with E-state index in [1.165, 1.54) is 0 Å². The Kier molecular flexibility index (Phi) is 5.16. The highest BCUT2D eigenvalue weighted by Gasteiger charge is 2.17. The number of rotatable bonds is 5. The Balaban J connectivity index is 2.12. The van der Waals surface area contributed by atoms with E-state index in [1.807, 2.05) is 12.1 Å². The average Bonchev–Trinajstić information content (AvgIpc) is 2.47. The average molecular weight is 263 g/mol. The Labute approximate surface area is 116 Å². The Bertz CT molecular complexity index is 400. The Morgan fingerprint density at radius 2 is 1.89 bits per heavy atom. The van der Waals surface area contributed by atoms with E-state index in [1.54, 1.807) is 0 Å². The molecule has 1 aromatic rings. The predicted molar refractivity (Wildman–Crippen MR) is 78.5 cm³/mol. The van der Waals surface area contributed by atoms with Gasteiger partial charge in [-0.25, -0.2) is 4.98 Å². The van der Waals surface area contributed by atoms with Crippen molar-refractivity contribution in [1.29, 1.82) is 0 Å². The molecule has 1 fully saturated rings. The SMILES string of the molecule is CCCc1cc(CO)cc(N2CCN(CC)CC2)n1. The number of pyridine rings is 1. The number of hydrogen-bond donors (Lipinski definition) is 1. The third-order valence-corrected chi connectivity index (χ3v) is 3.76. The molecule has 1 N–H and O–H groups in total. The van der Waals surface area contributed by atoms with Crippen molar-refractivity contribution in [2.75, 3.05) is 37.6 Å². The zero-order valence-corrected chi connectivity index (χ0v) is 12.1. The standard InChI is InChI=1S/C15H25N3O/c1-3-5-14-10-13(12-19)11-15(16-14)18-8-6-17(4-2)7-9-18/h10-11,19H,3-9,12H2,1-2H3. The van der Waals surface area contributed by atoms with Crippen LogP contribution in [0.25, 0.3) is 0 Å². The Hall–Kier alpha value is -1.13. The molecule has 0 aliphatic carbocycles. The minimum atomic E-state index is 0.0984. The lowest BCUT2D eigenvalue weighted by Crippen LogP contribution is -2.46. The number of hydrogen-bond acceptors (Lipinski definition) is 4. The number of aromatic nitrogens is 1. The third-order valence-electron chi connectivity index (χ3n) is 3.76. The smallest absolute Gasteiger partial charge is 0.129 e. The first-order valence-electron chi connectivity index (χ1n) is 7.34. The summed E-state index contributed by atoms with van der Waals surface area (Å²) in [6.45, 7) is 9.85. The monoisotopic (exact) mass is 263 g/mol. The van der Waals surface area contributed by atoms with E-state index in [4.69, 9.17) is 4.98 Å². The molecule has 1 aliphatic heterocycles. The number of aliphatic hydroxyl groups excluding tert-OH is 1. The van der Waals surface area contributed by atoms with E-state index in [0.717, 1.165) is 62.6 Å². The summed E-state index contributed by atoms with van der Waals surface area (Å²) in [4.78, 5) is 9.54. The highest BCUT2D eigenvalue weighted by molar-refractivity contribution is 5.43. The summed E-state index contributed by atoms with van der Waals surface area (Å²) >= 11 is 0. The molecule has 0 spiro atoms. The molecule has 19 heavy (non-hydrogen) atoms. The van der Waals surface area contributed by atoms with Gasteiger partial charge in [-0.15, -0.1) is 0 Å². The second kappa shape index (κ2) is 6.87. The minimum absolute atomic E-state index is 0.0984. The first kappa shape index (κ1) is 14.3. The molecule has 4 heteroatoms. The topological polar surface area (TPSA) is 39.6 Å². The van der Waals surface area contributed by atoms with E-state index in [2.05, 4.69) is 23.6 Å². The number of likely N-dealkylation sites (N-methyl/N-ethyl adjacent to an activating group) is 1. The molecule has 2 rings (SSSR count). The maximum Gasteiger partial charge on any atom is 0.129 e. The van der Waals surface area contributed by atoms with Crippen LogP contribution in [0.2, 0.25) is 0 Å². The molecular weight excluding hydrogens is 238 g/mol. The van der Waals surface area contributed by atoms with Crippen LogP contribution in [-0.4, -0.2) is 47.7 Å². The molecule has 0 unspecified atom stereocenters. The highest BCUT2D eigenvalue weighted by atomic mass is 16.3.